The third kappa shape index (κ3) is 1.42. The van der Waals surface area contributed by atoms with Crippen molar-refractivity contribution in [2.75, 3.05) is 5.73 Å². The number of aryl methyl sites for hydroxylation is 2. The lowest BCUT2D eigenvalue weighted by Gasteiger charge is -1.99. The minimum absolute atomic E-state index is 0.374. The average Bonchev–Trinajstić information content (AvgIpc) is 2.80. The van der Waals surface area contributed by atoms with E-state index in [4.69, 9.17) is 10.2 Å². The summed E-state index contributed by atoms with van der Waals surface area (Å²) in [5.41, 5.74) is 8.88. The fourth-order valence-electron chi connectivity index (χ4n) is 2.02. The molecule has 3 aromatic rings. The molecule has 0 aliphatic carbocycles. The van der Waals surface area contributed by atoms with Gasteiger partial charge in [-0.25, -0.2) is 4.79 Å². The van der Waals surface area contributed by atoms with Crippen LogP contribution in [0.15, 0.2) is 33.6 Å². The summed E-state index contributed by atoms with van der Waals surface area (Å²) < 4.78 is 8.20. The number of hydrogen-bond acceptors (Lipinski definition) is 4. The average molecular weight is 244 g/mol. The monoisotopic (exact) mass is 244 g/mol. The van der Waals surface area contributed by atoms with Gasteiger partial charge < -0.3 is 10.2 Å². The molecule has 0 saturated carbocycles. The predicted octanol–water partition coefficient (Wildman–Crippen LogP) is 1.11. The van der Waals surface area contributed by atoms with Crippen molar-refractivity contribution in [2.45, 2.75) is 0 Å². The number of nitrogens with two attached hydrogens (primary N) is 1. The summed E-state index contributed by atoms with van der Waals surface area (Å²) in [5.74, 6) is 0.0895. The number of hydrogen-bond donors (Lipinski definition) is 1. The highest BCUT2D eigenvalue weighted by molar-refractivity contribution is 5.83. The van der Waals surface area contributed by atoms with Crippen LogP contribution < -0.4 is 11.5 Å². The molecule has 0 amide bonds. The molecule has 2 N–H and O–H groups in total. The SMILES string of the molecule is Cn1cc(-c2ccc3oc(=O)n(C)c3c2)c(N)n1. The first-order chi connectivity index (χ1) is 8.56. The second-order valence-electron chi connectivity index (χ2n) is 4.21. The van der Waals surface area contributed by atoms with Gasteiger partial charge in [-0.1, -0.05) is 6.07 Å². The van der Waals surface area contributed by atoms with Gasteiger partial charge in [0.05, 0.1) is 5.52 Å². The number of rotatable bonds is 1. The van der Waals surface area contributed by atoms with Crippen molar-refractivity contribution in [3.63, 3.8) is 0 Å². The van der Waals surface area contributed by atoms with Crippen molar-refractivity contribution in [1.82, 2.24) is 14.3 Å². The van der Waals surface area contributed by atoms with Crippen LogP contribution in [0.25, 0.3) is 22.2 Å². The fourth-order valence-corrected chi connectivity index (χ4v) is 2.02. The van der Waals surface area contributed by atoms with Gasteiger partial charge in [0, 0.05) is 25.9 Å². The maximum atomic E-state index is 11.4. The number of nitrogens with zero attached hydrogens (tertiary/aromatic N) is 3. The van der Waals surface area contributed by atoms with Crippen molar-refractivity contribution in [3.8, 4) is 11.1 Å². The lowest BCUT2D eigenvalue weighted by atomic mass is 10.1. The van der Waals surface area contributed by atoms with Crippen molar-refractivity contribution >= 4 is 16.9 Å². The van der Waals surface area contributed by atoms with E-state index < -0.39 is 0 Å². The second-order valence-corrected chi connectivity index (χ2v) is 4.21. The van der Waals surface area contributed by atoms with Gasteiger partial charge in [0.1, 0.15) is 0 Å². The summed E-state index contributed by atoms with van der Waals surface area (Å²) in [7, 11) is 3.48. The first kappa shape index (κ1) is 10.6. The van der Waals surface area contributed by atoms with Gasteiger partial charge in [-0.3, -0.25) is 9.25 Å². The molecule has 6 heteroatoms. The summed E-state index contributed by atoms with van der Waals surface area (Å²) in [6.45, 7) is 0. The van der Waals surface area contributed by atoms with Crippen LogP contribution in [0.5, 0.6) is 0 Å². The number of oxazole rings is 1. The first-order valence-electron chi connectivity index (χ1n) is 5.45. The number of anilines is 1. The molecule has 18 heavy (non-hydrogen) atoms. The highest BCUT2D eigenvalue weighted by atomic mass is 16.4. The topological polar surface area (TPSA) is 79.0 Å². The maximum absolute atomic E-state index is 11.4. The zero-order chi connectivity index (χ0) is 12.9. The Hall–Kier alpha value is -2.50. The van der Waals surface area contributed by atoms with Gasteiger partial charge in [-0.15, -0.1) is 0 Å². The van der Waals surface area contributed by atoms with Crippen LogP contribution in [0.2, 0.25) is 0 Å². The van der Waals surface area contributed by atoms with E-state index in [9.17, 15) is 4.79 Å². The molecule has 0 atom stereocenters. The van der Waals surface area contributed by atoms with Crippen LogP contribution in [-0.2, 0) is 14.1 Å². The van der Waals surface area contributed by atoms with E-state index >= 15 is 0 Å². The van der Waals surface area contributed by atoms with Gasteiger partial charge in [-0.05, 0) is 17.7 Å². The quantitative estimate of drug-likeness (QED) is 0.695. The third-order valence-corrected chi connectivity index (χ3v) is 2.96. The molecule has 3 rings (SSSR count). The minimum Gasteiger partial charge on any atom is -0.408 e. The zero-order valence-electron chi connectivity index (χ0n) is 10.0. The molecular formula is C12H12N4O2. The van der Waals surface area contributed by atoms with E-state index in [0.29, 0.717) is 11.4 Å². The number of aromatic nitrogens is 3. The number of benzene rings is 1. The van der Waals surface area contributed by atoms with Crippen LogP contribution >= 0.6 is 0 Å². The van der Waals surface area contributed by atoms with Crippen LogP contribution in [-0.4, -0.2) is 14.3 Å². The molecule has 0 aliphatic heterocycles. The first-order valence-corrected chi connectivity index (χ1v) is 5.45. The molecule has 92 valence electrons. The smallest absolute Gasteiger partial charge is 0.408 e. The summed E-state index contributed by atoms with van der Waals surface area (Å²) in [5, 5.41) is 4.10. The lowest BCUT2D eigenvalue weighted by molar-refractivity contribution is 0.528. The molecule has 2 heterocycles. The molecule has 0 aliphatic rings. The van der Waals surface area contributed by atoms with E-state index in [1.807, 2.05) is 25.4 Å². The highest BCUT2D eigenvalue weighted by Crippen LogP contribution is 2.27. The summed E-state index contributed by atoms with van der Waals surface area (Å²) in [6, 6.07) is 5.49. The van der Waals surface area contributed by atoms with Gasteiger partial charge in [-0.2, -0.15) is 5.10 Å². The summed E-state index contributed by atoms with van der Waals surface area (Å²) >= 11 is 0. The molecule has 0 radical (unpaired) electrons. The van der Waals surface area contributed by atoms with Crippen molar-refractivity contribution in [2.24, 2.45) is 14.1 Å². The Morgan fingerprint density at radius 2 is 2.11 bits per heavy atom. The van der Waals surface area contributed by atoms with Crippen molar-refractivity contribution in [1.29, 1.82) is 0 Å². The third-order valence-electron chi connectivity index (χ3n) is 2.96. The zero-order valence-corrected chi connectivity index (χ0v) is 10.0. The Morgan fingerprint density at radius 3 is 2.78 bits per heavy atom. The molecule has 6 nitrogen and oxygen atoms in total. The van der Waals surface area contributed by atoms with Gasteiger partial charge in [0.25, 0.3) is 0 Å². The summed E-state index contributed by atoms with van der Waals surface area (Å²) in [4.78, 5) is 11.4. The Kier molecular flexibility index (Phi) is 2.07. The van der Waals surface area contributed by atoms with Crippen LogP contribution in [0.4, 0.5) is 5.82 Å². The van der Waals surface area contributed by atoms with Crippen LogP contribution in [0.3, 0.4) is 0 Å². The predicted molar refractivity (Wildman–Crippen MR) is 68.1 cm³/mol. The van der Waals surface area contributed by atoms with Crippen molar-refractivity contribution < 1.29 is 4.42 Å². The van der Waals surface area contributed by atoms with Gasteiger partial charge >= 0.3 is 5.76 Å². The van der Waals surface area contributed by atoms with Gasteiger partial charge in [0.15, 0.2) is 11.4 Å². The molecule has 0 spiro atoms. The van der Waals surface area contributed by atoms with E-state index in [-0.39, 0.29) is 5.76 Å². The molecular weight excluding hydrogens is 232 g/mol. The van der Waals surface area contributed by atoms with Crippen LogP contribution in [0, 0.1) is 0 Å². The van der Waals surface area contributed by atoms with Crippen LogP contribution in [0.1, 0.15) is 0 Å². The fraction of sp³-hybridized carbons (Fsp3) is 0.167. The van der Waals surface area contributed by atoms with E-state index in [1.54, 1.807) is 17.8 Å². The maximum Gasteiger partial charge on any atom is 0.419 e. The van der Waals surface area contributed by atoms with Crippen molar-refractivity contribution in [3.05, 3.63) is 34.9 Å². The molecule has 0 unspecified atom stereocenters. The Labute approximate surface area is 102 Å². The second kappa shape index (κ2) is 3.49. The summed E-state index contributed by atoms with van der Waals surface area (Å²) in [6.07, 6.45) is 1.84. The molecule has 2 aromatic heterocycles. The van der Waals surface area contributed by atoms with E-state index in [1.165, 1.54) is 4.57 Å². The largest absolute Gasteiger partial charge is 0.419 e. The Bertz CT molecular complexity index is 794. The molecule has 0 saturated heterocycles. The molecule has 0 bridgehead atoms. The molecule has 0 fully saturated rings. The van der Waals surface area contributed by atoms with Gasteiger partial charge in [0.2, 0.25) is 0 Å². The minimum atomic E-state index is -0.374. The van der Waals surface area contributed by atoms with E-state index in [2.05, 4.69) is 5.10 Å². The number of fused-ring (bicyclic) bond motifs is 1. The normalized spacial score (nSPS) is 11.2. The highest BCUT2D eigenvalue weighted by Gasteiger charge is 2.11. The number of nitrogen functional groups attached to an aromatic ring is 1. The van der Waals surface area contributed by atoms with E-state index in [0.717, 1.165) is 16.6 Å². The standard InChI is InChI=1S/C12H12N4O2/c1-15-6-8(11(13)14-15)7-3-4-10-9(5-7)16(2)12(17)18-10/h3-6H,1-2H3,(H2,13,14). The Balaban J connectivity index is 2.28. The lowest BCUT2D eigenvalue weighted by Crippen LogP contribution is -2.08. The Morgan fingerprint density at radius 1 is 1.33 bits per heavy atom. The molecule has 1 aromatic carbocycles.